The van der Waals surface area contributed by atoms with Crippen molar-refractivity contribution in [2.75, 3.05) is 19.8 Å². The normalized spacial score (nSPS) is 22.5. The molecule has 2 aliphatic rings. The van der Waals surface area contributed by atoms with Gasteiger partial charge in [0.2, 0.25) is 0 Å². The first kappa shape index (κ1) is 14.3. The fraction of sp³-hybridized carbons (Fsp3) is 0.467. The number of hydrogen-bond donors (Lipinski definition) is 2. The number of fused-ring (bicyclic) bond motifs is 1. The van der Waals surface area contributed by atoms with Gasteiger partial charge in [0.25, 0.3) is 0 Å². The molecular formula is C15H19N3O2S. The Morgan fingerprint density at radius 2 is 2.24 bits per heavy atom. The lowest BCUT2D eigenvalue weighted by Crippen LogP contribution is -2.37. The van der Waals surface area contributed by atoms with Crippen molar-refractivity contribution < 1.29 is 9.47 Å². The van der Waals surface area contributed by atoms with Crippen molar-refractivity contribution in [2.45, 2.75) is 25.4 Å². The van der Waals surface area contributed by atoms with Gasteiger partial charge in [0.15, 0.2) is 5.11 Å². The molecule has 21 heavy (non-hydrogen) atoms. The summed E-state index contributed by atoms with van der Waals surface area (Å²) in [6.07, 6.45) is 3.26. The van der Waals surface area contributed by atoms with Crippen molar-refractivity contribution in [1.29, 1.82) is 0 Å². The van der Waals surface area contributed by atoms with Gasteiger partial charge in [-0.15, -0.1) is 0 Å². The molecule has 1 atom stereocenters. The molecule has 0 radical (unpaired) electrons. The van der Waals surface area contributed by atoms with Crippen molar-refractivity contribution in [3.8, 4) is 5.75 Å². The van der Waals surface area contributed by atoms with Gasteiger partial charge in [-0.3, -0.25) is 5.43 Å². The standard InChI is InChI=1S/C15H19N3O2S/c21-15(16-10-11-4-3-8-19-11)18-17-13-7-9-20-14-6-2-1-5-12(13)14/h1-2,5-6,11H,3-4,7-10H2,(H2,16,18,21)/t11-/m1/s1. The fourth-order valence-electron chi connectivity index (χ4n) is 2.51. The zero-order valence-corrected chi connectivity index (χ0v) is 12.6. The third-order valence-electron chi connectivity index (χ3n) is 3.60. The third kappa shape index (κ3) is 3.71. The number of ether oxygens (including phenoxy) is 2. The minimum absolute atomic E-state index is 0.265. The van der Waals surface area contributed by atoms with Crippen LogP contribution >= 0.6 is 12.2 Å². The fourth-order valence-corrected chi connectivity index (χ4v) is 2.64. The molecule has 0 aliphatic carbocycles. The summed E-state index contributed by atoms with van der Waals surface area (Å²) in [7, 11) is 0. The van der Waals surface area contributed by atoms with Crippen molar-refractivity contribution in [2.24, 2.45) is 5.10 Å². The van der Waals surface area contributed by atoms with E-state index in [0.29, 0.717) is 11.7 Å². The average Bonchev–Trinajstić information content (AvgIpc) is 3.04. The van der Waals surface area contributed by atoms with Crippen LogP contribution in [-0.4, -0.2) is 36.7 Å². The molecule has 1 saturated heterocycles. The van der Waals surface area contributed by atoms with E-state index in [4.69, 9.17) is 21.7 Å². The summed E-state index contributed by atoms with van der Waals surface area (Å²) in [5.74, 6) is 0.877. The highest BCUT2D eigenvalue weighted by Crippen LogP contribution is 2.24. The second-order valence-corrected chi connectivity index (χ2v) is 5.52. The minimum atomic E-state index is 0.265. The van der Waals surface area contributed by atoms with Crippen LogP contribution in [0.1, 0.15) is 24.8 Å². The third-order valence-corrected chi connectivity index (χ3v) is 3.84. The summed E-state index contributed by atoms with van der Waals surface area (Å²) in [4.78, 5) is 0. The van der Waals surface area contributed by atoms with Gasteiger partial charge in [0.05, 0.1) is 18.4 Å². The Balaban J connectivity index is 1.55. The van der Waals surface area contributed by atoms with E-state index < -0.39 is 0 Å². The highest BCUT2D eigenvalue weighted by molar-refractivity contribution is 7.80. The topological polar surface area (TPSA) is 54.9 Å². The smallest absolute Gasteiger partial charge is 0.187 e. The van der Waals surface area contributed by atoms with Crippen LogP contribution in [0.5, 0.6) is 5.75 Å². The van der Waals surface area contributed by atoms with E-state index in [1.54, 1.807) is 0 Å². The molecule has 2 aliphatic heterocycles. The second-order valence-electron chi connectivity index (χ2n) is 5.11. The van der Waals surface area contributed by atoms with Crippen molar-refractivity contribution in [3.05, 3.63) is 29.8 Å². The molecule has 112 valence electrons. The van der Waals surface area contributed by atoms with Crippen LogP contribution in [0.3, 0.4) is 0 Å². The molecule has 1 fully saturated rings. The molecule has 0 spiro atoms. The van der Waals surface area contributed by atoms with Gasteiger partial charge in [-0.1, -0.05) is 12.1 Å². The monoisotopic (exact) mass is 305 g/mol. The summed E-state index contributed by atoms with van der Waals surface area (Å²) >= 11 is 5.24. The molecule has 1 aromatic rings. The number of rotatable bonds is 3. The summed E-state index contributed by atoms with van der Waals surface area (Å²) in [6.45, 7) is 2.23. The van der Waals surface area contributed by atoms with E-state index in [1.165, 1.54) is 0 Å². The van der Waals surface area contributed by atoms with E-state index in [0.717, 1.165) is 49.4 Å². The largest absolute Gasteiger partial charge is 0.492 e. The maximum atomic E-state index is 5.60. The quantitative estimate of drug-likeness (QED) is 0.659. The summed E-state index contributed by atoms with van der Waals surface area (Å²) in [5.41, 5.74) is 4.91. The molecule has 0 bridgehead atoms. The lowest BCUT2D eigenvalue weighted by atomic mass is 10.0. The van der Waals surface area contributed by atoms with Crippen LogP contribution < -0.4 is 15.5 Å². The summed E-state index contributed by atoms with van der Waals surface area (Å²) in [5, 5.41) is 8.09. The van der Waals surface area contributed by atoms with Crippen molar-refractivity contribution in [3.63, 3.8) is 0 Å². The van der Waals surface area contributed by atoms with Gasteiger partial charge in [-0.05, 0) is 37.2 Å². The molecular weight excluding hydrogens is 286 g/mol. The van der Waals surface area contributed by atoms with Crippen LogP contribution in [0.4, 0.5) is 0 Å². The predicted octanol–water partition coefficient (Wildman–Crippen LogP) is 1.82. The van der Waals surface area contributed by atoms with Crippen LogP contribution in [0.2, 0.25) is 0 Å². The first-order valence-corrected chi connectivity index (χ1v) is 7.68. The van der Waals surface area contributed by atoms with E-state index in [2.05, 4.69) is 15.8 Å². The van der Waals surface area contributed by atoms with Gasteiger partial charge in [0.1, 0.15) is 5.75 Å². The van der Waals surface area contributed by atoms with E-state index >= 15 is 0 Å². The van der Waals surface area contributed by atoms with Gasteiger partial charge in [-0.2, -0.15) is 5.10 Å². The van der Waals surface area contributed by atoms with Gasteiger partial charge in [-0.25, -0.2) is 0 Å². The maximum Gasteiger partial charge on any atom is 0.187 e. The van der Waals surface area contributed by atoms with Crippen LogP contribution in [0.25, 0.3) is 0 Å². The Kier molecular flexibility index (Phi) is 4.67. The van der Waals surface area contributed by atoms with Crippen molar-refractivity contribution >= 4 is 23.0 Å². The van der Waals surface area contributed by atoms with Gasteiger partial charge in [0, 0.05) is 25.1 Å². The number of hydrazone groups is 1. The lowest BCUT2D eigenvalue weighted by Gasteiger charge is -2.19. The van der Waals surface area contributed by atoms with Gasteiger partial charge >= 0.3 is 0 Å². The number of hydrogen-bond acceptors (Lipinski definition) is 4. The van der Waals surface area contributed by atoms with Crippen LogP contribution in [0, 0.1) is 0 Å². The molecule has 2 N–H and O–H groups in total. The molecule has 0 aromatic heterocycles. The van der Waals surface area contributed by atoms with Gasteiger partial charge < -0.3 is 14.8 Å². The lowest BCUT2D eigenvalue weighted by molar-refractivity contribution is 0.114. The number of benzene rings is 1. The zero-order valence-electron chi connectivity index (χ0n) is 11.8. The number of nitrogens with one attached hydrogen (secondary N) is 2. The Morgan fingerprint density at radius 1 is 1.33 bits per heavy atom. The molecule has 1 aromatic carbocycles. The Morgan fingerprint density at radius 3 is 3.10 bits per heavy atom. The van der Waals surface area contributed by atoms with Crippen molar-refractivity contribution in [1.82, 2.24) is 10.7 Å². The molecule has 3 rings (SSSR count). The van der Waals surface area contributed by atoms with E-state index in [9.17, 15) is 0 Å². The SMILES string of the molecule is S=C(NC[C@H]1CCCO1)NN=C1CCOc2ccccc21. The second kappa shape index (κ2) is 6.87. The maximum absolute atomic E-state index is 5.60. The summed E-state index contributed by atoms with van der Waals surface area (Å²) in [6, 6.07) is 7.91. The first-order valence-electron chi connectivity index (χ1n) is 7.27. The Bertz CT molecular complexity index is 541. The highest BCUT2D eigenvalue weighted by atomic mass is 32.1. The minimum Gasteiger partial charge on any atom is -0.492 e. The molecule has 5 nitrogen and oxygen atoms in total. The molecule has 0 amide bonds. The van der Waals surface area contributed by atoms with Crippen LogP contribution in [-0.2, 0) is 4.74 Å². The Hall–Kier alpha value is -1.66. The van der Waals surface area contributed by atoms with E-state index in [1.807, 2.05) is 24.3 Å². The number of nitrogens with zero attached hydrogens (tertiary/aromatic N) is 1. The number of thiocarbonyl (C=S) groups is 1. The zero-order chi connectivity index (χ0) is 14.5. The molecule has 2 heterocycles. The molecule has 0 saturated carbocycles. The van der Waals surface area contributed by atoms with E-state index in [-0.39, 0.29) is 6.10 Å². The first-order chi connectivity index (χ1) is 10.3. The number of para-hydroxylation sites is 1. The molecule has 6 heteroatoms. The Labute approximate surface area is 129 Å². The molecule has 0 unspecified atom stereocenters. The highest BCUT2D eigenvalue weighted by Gasteiger charge is 2.17. The summed E-state index contributed by atoms with van der Waals surface area (Å²) < 4.78 is 11.1. The van der Waals surface area contributed by atoms with Crippen LogP contribution in [0.15, 0.2) is 29.4 Å². The predicted molar refractivity (Wildman–Crippen MR) is 85.8 cm³/mol. The average molecular weight is 305 g/mol.